The first-order chi connectivity index (χ1) is 27.3. The predicted octanol–water partition coefficient (Wildman–Crippen LogP) is 6.75. The van der Waals surface area contributed by atoms with Crippen molar-refractivity contribution in [2.24, 2.45) is 17.8 Å². The van der Waals surface area contributed by atoms with Crippen LogP contribution in [0.2, 0.25) is 0 Å². The number of hydrogen-bond donors (Lipinski definition) is 3. The molecule has 2 heterocycles. The van der Waals surface area contributed by atoms with Gasteiger partial charge in [0.1, 0.15) is 22.7 Å². The van der Waals surface area contributed by atoms with Crippen LogP contribution in [0.25, 0.3) is 11.0 Å². The lowest BCUT2D eigenvalue weighted by Gasteiger charge is -2.21. The molecule has 1 aliphatic carbocycles. The molecule has 0 saturated carbocycles. The molecule has 0 fully saturated rings. The number of nitrogens with zero attached hydrogens (tertiary/aromatic N) is 5. The van der Waals surface area contributed by atoms with Gasteiger partial charge in [0.2, 0.25) is 0 Å². The zero-order chi connectivity index (χ0) is 41.4. The Morgan fingerprint density at radius 3 is 2.44 bits per heavy atom. The minimum Gasteiger partial charge on any atom is -0.466 e. The Hall–Kier alpha value is -5.87. The highest BCUT2D eigenvalue weighted by atomic mass is 32.2. The molecule has 0 saturated heterocycles. The molecule has 16 heteroatoms. The third-order valence-electron chi connectivity index (χ3n) is 8.93. The lowest BCUT2D eigenvalue weighted by atomic mass is 10.1. The summed E-state index contributed by atoms with van der Waals surface area (Å²) in [6.45, 7) is 6.90. The van der Waals surface area contributed by atoms with Crippen molar-refractivity contribution in [1.29, 1.82) is 0 Å². The first-order valence-electron chi connectivity index (χ1n) is 18.8. The molecular formula is C41H51N7O8S. The van der Waals surface area contributed by atoms with Gasteiger partial charge in [-0.1, -0.05) is 56.1 Å². The van der Waals surface area contributed by atoms with Crippen LogP contribution < -0.4 is 16.0 Å². The molecule has 1 atom stereocenters. The lowest BCUT2D eigenvalue weighted by molar-refractivity contribution is -0.142. The molecule has 2 aromatic carbocycles. The summed E-state index contributed by atoms with van der Waals surface area (Å²) in [5, 5.41) is 2.60. The molecule has 5 rings (SSSR count). The molecule has 0 spiro atoms. The van der Waals surface area contributed by atoms with Crippen molar-refractivity contribution in [2.75, 3.05) is 30.0 Å². The summed E-state index contributed by atoms with van der Waals surface area (Å²) in [5.41, 5.74) is 10.4. The number of unbranched alkanes of at least 4 members (excludes halogenated alkanes) is 3. The van der Waals surface area contributed by atoms with Gasteiger partial charge in [-0.2, -0.15) is 13.4 Å². The normalized spacial score (nSPS) is 13.9. The number of aromatic nitrogens is 3. The summed E-state index contributed by atoms with van der Waals surface area (Å²) in [5.74, 6) is 0.620. The highest BCUT2D eigenvalue weighted by Crippen LogP contribution is 2.22. The number of rotatable bonds is 16. The third-order valence-corrected chi connectivity index (χ3v) is 10.0. The van der Waals surface area contributed by atoms with Gasteiger partial charge in [-0.15, -0.1) is 0 Å². The largest absolute Gasteiger partial charge is 0.466 e. The van der Waals surface area contributed by atoms with E-state index in [9.17, 15) is 22.8 Å². The maximum Gasteiger partial charge on any atom is 0.435 e. The summed E-state index contributed by atoms with van der Waals surface area (Å²) >= 11 is 0. The number of anilines is 2. The number of carbonyl (C=O) groups is 3. The number of esters is 1. The van der Waals surface area contributed by atoms with E-state index in [1.807, 2.05) is 36.7 Å². The number of ether oxygens (including phenoxy) is 2. The molecule has 57 heavy (non-hydrogen) atoms. The fraction of sp³-hybridized carbons (Fsp3) is 0.366. The van der Waals surface area contributed by atoms with Crippen molar-refractivity contribution in [3.8, 4) is 0 Å². The maximum atomic E-state index is 13.6. The monoisotopic (exact) mass is 801 g/mol. The van der Waals surface area contributed by atoms with Gasteiger partial charge in [-0.3, -0.25) is 19.0 Å². The van der Waals surface area contributed by atoms with E-state index in [2.05, 4.69) is 22.2 Å². The first-order valence-corrected chi connectivity index (χ1v) is 20.3. The second kappa shape index (κ2) is 21.4. The van der Waals surface area contributed by atoms with Gasteiger partial charge in [0.05, 0.1) is 37.2 Å². The number of amides is 2. The summed E-state index contributed by atoms with van der Waals surface area (Å²) in [7, 11) is -1.97. The highest BCUT2D eigenvalue weighted by Gasteiger charge is 2.22. The van der Waals surface area contributed by atoms with Crippen LogP contribution in [-0.4, -0.2) is 76.3 Å². The van der Waals surface area contributed by atoms with Crippen molar-refractivity contribution in [1.82, 2.24) is 14.5 Å². The number of pyridine rings is 1. The molecule has 0 bridgehead atoms. The summed E-state index contributed by atoms with van der Waals surface area (Å²) in [6.07, 6.45) is 10.4. The van der Waals surface area contributed by atoms with Gasteiger partial charge in [-0.05, 0) is 81.3 Å². The second-order valence-electron chi connectivity index (χ2n) is 13.2. The van der Waals surface area contributed by atoms with Gasteiger partial charge >= 0.3 is 12.1 Å². The molecule has 0 radical (unpaired) electrons. The number of allylic oxidation sites excluding steroid dienone is 3. The van der Waals surface area contributed by atoms with Crippen LogP contribution in [0.1, 0.15) is 81.0 Å². The lowest BCUT2D eigenvalue weighted by Crippen LogP contribution is -2.34. The Morgan fingerprint density at radius 1 is 1.04 bits per heavy atom. The highest BCUT2D eigenvalue weighted by molar-refractivity contribution is 7.86. The van der Waals surface area contributed by atoms with Crippen molar-refractivity contribution in [3.63, 3.8) is 0 Å². The number of aryl methyl sites for hydroxylation is 1. The minimum absolute atomic E-state index is 0.0455. The van der Waals surface area contributed by atoms with E-state index in [1.165, 1.54) is 11.0 Å². The number of fused-ring (bicyclic) bond motifs is 1. The van der Waals surface area contributed by atoms with E-state index in [0.29, 0.717) is 42.0 Å². The summed E-state index contributed by atoms with van der Waals surface area (Å²) in [6, 6.07) is 17.9. The summed E-state index contributed by atoms with van der Waals surface area (Å²) < 4.78 is 41.9. The van der Waals surface area contributed by atoms with Gasteiger partial charge in [0.25, 0.3) is 16.0 Å². The molecule has 2 aromatic heterocycles. The second-order valence-corrected chi connectivity index (χ2v) is 14.8. The number of nitrogens with one attached hydrogen (secondary N) is 1. The van der Waals surface area contributed by atoms with E-state index in [-0.39, 0.29) is 37.3 Å². The number of nitrogens with two attached hydrogens (primary N) is 1. The average Bonchev–Trinajstić information content (AvgIpc) is 3.51. The van der Waals surface area contributed by atoms with Crippen LogP contribution in [-0.2, 0) is 38.0 Å². The molecule has 15 nitrogen and oxygen atoms in total. The predicted molar refractivity (Wildman–Crippen MR) is 221 cm³/mol. The molecule has 4 N–H and O–H groups in total. The fourth-order valence-corrected chi connectivity index (χ4v) is 6.34. The smallest absolute Gasteiger partial charge is 0.435 e. The Balaban J connectivity index is 0.000000563. The van der Waals surface area contributed by atoms with Crippen LogP contribution in [0.15, 0.2) is 95.7 Å². The number of benzene rings is 2. The molecule has 1 unspecified atom stereocenters. The van der Waals surface area contributed by atoms with Crippen molar-refractivity contribution >= 4 is 56.5 Å². The molecule has 2 amide bonds. The Bertz CT molecular complexity index is 2180. The van der Waals surface area contributed by atoms with E-state index in [4.69, 9.17) is 24.7 Å². The SMILES string of the molecule is CC1=CCC(S(=O)(=O)O)C=C1.CCCCCCOC(=O)/N=C(/N)c1ccc(NCc2nc3cc(C(=O)N(CCC(=O)OCC)c4ccccn4)ccc3n2C)cc1. The zero-order valence-electron chi connectivity index (χ0n) is 32.8. The Labute approximate surface area is 333 Å². The van der Waals surface area contributed by atoms with E-state index in [0.717, 1.165) is 48.3 Å². The van der Waals surface area contributed by atoms with Crippen LogP contribution in [0.3, 0.4) is 0 Å². The first kappa shape index (κ1) is 43.9. The Morgan fingerprint density at radius 2 is 1.79 bits per heavy atom. The topological polar surface area (TPSA) is 208 Å². The number of imidazole rings is 1. The standard InChI is InChI=1S/C34H41N7O5.C7H10O3S/c1-4-6-7-10-21-46-34(44)39-32(35)24-12-15-26(16-13-24)37-23-30-38-27-22-25(14-17-28(27)40(30)3)33(43)41(20-18-31(42)45-5-2)29-11-8-9-19-36-29;1-6-2-4-7(5-3-6)11(8,9)10/h8-9,11-17,19,22,37H,4-7,10,18,20-21,23H2,1-3H3,(H2,35,39,44);2-4,7H,5H2,1H3,(H,8,9,10). The van der Waals surface area contributed by atoms with E-state index < -0.39 is 21.5 Å². The van der Waals surface area contributed by atoms with Crippen LogP contribution in [0, 0.1) is 0 Å². The number of amidine groups is 1. The van der Waals surface area contributed by atoms with Crippen molar-refractivity contribution in [3.05, 3.63) is 108 Å². The molecule has 1 aliphatic rings. The zero-order valence-corrected chi connectivity index (χ0v) is 33.6. The van der Waals surface area contributed by atoms with E-state index >= 15 is 0 Å². The van der Waals surface area contributed by atoms with Gasteiger partial charge in [-0.25, -0.2) is 14.8 Å². The van der Waals surface area contributed by atoms with E-state index in [1.54, 1.807) is 67.7 Å². The number of aliphatic imine (C=N–C) groups is 1. The van der Waals surface area contributed by atoms with Gasteiger partial charge < -0.3 is 25.1 Å². The van der Waals surface area contributed by atoms with Crippen LogP contribution >= 0.6 is 0 Å². The quantitative estimate of drug-likeness (QED) is 0.0353. The van der Waals surface area contributed by atoms with Crippen molar-refractivity contribution in [2.45, 2.75) is 71.1 Å². The van der Waals surface area contributed by atoms with Gasteiger partial charge in [0, 0.05) is 36.6 Å². The third kappa shape index (κ3) is 13.4. The van der Waals surface area contributed by atoms with Crippen molar-refractivity contribution < 1.29 is 36.8 Å². The number of carbonyl (C=O) groups excluding carboxylic acids is 3. The minimum atomic E-state index is -3.88. The van der Waals surface area contributed by atoms with Gasteiger partial charge in [0.15, 0.2) is 0 Å². The average molecular weight is 802 g/mol. The molecular weight excluding hydrogens is 751 g/mol. The van der Waals surface area contributed by atoms with Crippen LogP contribution in [0.5, 0.6) is 0 Å². The fourth-order valence-electron chi connectivity index (χ4n) is 5.72. The Kier molecular flexibility index (Phi) is 16.5. The summed E-state index contributed by atoms with van der Waals surface area (Å²) in [4.78, 5) is 52.0. The molecule has 304 valence electrons. The maximum absolute atomic E-state index is 13.6. The number of hydrogen-bond acceptors (Lipinski definition) is 10. The van der Waals surface area contributed by atoms with Crippen LogP contribution in [0.4, 0.5) is 16.3 Å². The molecule has 0 aliphatic heterocycles. The molecule has 4 aromatic rings.